The highest BCUT2D eigenvalue weighted by molar-refractivity contribution is 7.47. The molecule has 0 saturated carbocycles. The van der Waals surface area contributed by atoms with Crippen molar-refractivity contribution in [2.75, 3.05) is 32.2 Å². The van der Waals surface area contributed by atoms with Crippen molar-refractivity contribution in [2.45, 2.75) is 148 Å². The van der Waals surface area contributed by atoms with Crippen LogP contribution in [0.2, 0.25) is 0 Å². The highest BCUT2D eigenvalue weighted by Gasteiger charge is 2.32. The predicted octanol–water partition coefficient (Wildman–Crippen LogP) is 9.79. The van der Waals surface area contributed by atoms with Gasteiger partial charge in [0.2, 0.25) is 0 Å². The zero-order valence-corrected chi connectivity index (χ0v) is 33.5. The number of hydrogen-bond donors (Lipinski definition) is 2. The number of nitrogens with zero attached hydrogens (tertiary/aromatic N) is 4. The summed E-state index contributed by atoms with van der Waals surface area (Å²) in [5.74, 6) is -0.186. The number of unbranched alkanes of at least 4 members (excludes halogenated alkanes) is 13. The summed E-state index contributed by atoms with van der Waals surface area (Å²) >= 11 is 0. The molecule has 3 aromatic rings. The van der Waals surface area contributed by atoms with E-state index in [2.05, 4.69) is 17.0 Å². The third kappa shape index (κ3) is 16.8. The van der Waals surface area contributed by atoms with E-state index in [1.807, 2.05) is 32.0 Å². The monoisotopic (exact) mass is 775 g/mol. The number of benzene rings is 1. The van der Waals surface area contributed by atoms with Crippen molar-refractivity contribution in [2.24, 2.45) is 0 Å². The minimum atomic E-state index is -4.48. The molecule has 1 aliphatic heterocycles. The number of ether oxygens (including phenoxy) is 3. The third-order valence-electron chi connectivity index (χ3n) is 9.31. The molecule has 0 radical (unpaired) electrons. The number of nitrogens with two attached hydrogens (primary N) is 1. The Morgan fingerprint density at radius 3 is 2.31 bits per heavy atom. The molecule has 12 nitrogen and oxygen atoms in total. The number of halogens is 1. The molecule has 14 heteroatoms. The lowest BCUT2D eigenvalue weighted by Gasteiger charge is -2.21. The fourth-order valence-corrected chi connectivity index (χ4v) is 7.21. The molecule has 3 heterocycles. The average Bonchev–Trinajstić information content (AvgIpc) is 3.83. The van der Waals surface area contributed by atoms with Gasteiger partial charge in [-0.15, -0.1) is 0 Å². The van der Waals surface area contributed by atoms with Crippen LogP contribution in [0.4, 0.5) is 10.2 Å². The van der Waals surface area contributed by atoms with E-state index < -0.39 is 25.8 Å². The highest BCUT2D eigenvalue weighted by atomic mass is 31.2. The molecule has 1 aromatic carbocycles. The standard InChI is InChI=1S/C38H57FN5O7P.C2H6/c1-2-3-4-5-6-7-8-9-10-11-12-13-14-15-20-47-26-34(48-25-31-21-30(24-40)22-32(39)23-31)28-50-52(45,46)49-27-33-16-19-37(51-33)35-17-18-36-38(41)42-29-43-44(35)36;1-2/h17-18,21-23,29,33-34,37H,2-16,19-20,25-28H2,1H3,(H,45,46)(H2,41,42,43);1-2H3. The third-order valence-corrected chi connectivity index (χ3v) is 10.3. The Kier molecular flexibility index (Phi) is 21.9. The van der Waals surface area contributed by atoms with Crippen LogP contribution in [0, 0.1) is 17.1 Å². The molecule has 0 amide bonds. The number of phosphoric acid groups is 1. The van der Waals surface area contributed by atoms with Crippen LogP contribution >= 0.6 is 7.82 Å². The zero-order valence-electron chi connectivity index (χ0n) is 32.6. The maximum atomic E-state index is 14.0. The summed E-state index contributed by atoms with van der Waals surface area (Å²) in [6.07, 6.45) is 18.9. The largest absolute Gasteiger partial charge is 0.472 e. The summed E-state index contributed by atoms with van der Waals surface area (Å²) in [7, 11) is -4.48. The number of rotatable bonds is 27. The summed E-state index contributed by atoms with van der Waals surface area (Å²) in [5.41, 5.74) is 8.06. The first-order valence-electron chi connectivity index (χ1n) is 20.0. The maximum absolute atomic E-state index is 14.0. The molecule has 1 saturated heterocycles. The molecule has 54 heavy (non-hydrogen) atoms. The first-order valence-corrected chi connectivity index (χ1v) is 21.5. The van der Waals surface area contributed by atoms with E-state index in [4.69, 9.17) is 29.0 Å². The second kappa shape index (κ2) is 26.0. The van der Waals surface area contributed by atoms with Crippen molar-refractivity contribution in [1.82, 2.24) is 14.6 Å². The zero-order chi connectivity index (χ0) is 39.0. The van der Waals surface area contributed by atoms with Crippen LogP contribution in [0.15, 0.2) is 36.7 Å². The number of anilines is 1. The highest BCUT2D eigenvalue weighted by Crippen LogP contribution is 2.45. The second-order valence-electron chi connectivity index (χ2n) is 13.6. The van der Waals surface area contributed by atoms with Gasteiger partial charge in [-0.05, 0) is 55.2 Å². The molecule has 0 aliphatic carbocycles. The van der Waals surface area contributed by atoms with Crippen molar-refractivity contribution >= 4 is 19.2 Å². The van der Waals surface area contributed by atoms with E-state index in [0.29, 0.717) is 36.3 Å². The van der Waals surface area contributed by atoms with E-state index >= 15 is 0 Å². The molecule has 1 aliphatic rings. The quantitative estimate of drug-likeness (QED) is 0.0560. The first-order chi connectivity index (χ1) is 26.3. The molecule has 4 atom stereocenters. The van der Waals surface area contributed by atoms with Crippen LogP contribution in [0.25, 0.3) is 5.52 Å². The molecular formula is C40H63FN5O7P. The molecule has 3 N–H and O–H groups in total. The minimum absolute atomic E-state index is 0.0401. The fourth-order valence-electron chi connectivity index (χ4n) is 6.42. The van der Waals surface area contributed by atoms with Gasteiger partial charge < -0.3 is 24.8 Å². The van der Waals surface area contributed by atoms with Gasteiger partial charge in [0, 0.05) is 6.61 Å². The number of phosphoric ester groups is 1. The molecule has 4 rings (SSSR count). The number of nitriles is 1. The Balaban J connectivity index is 0.00000385. The second-order valence-corrected chi connectivity index (χ2v) is 15.1. The van der Waals surface area contributed by atoms with Crippen LogP contribution in [0.3, 0.4) is 0 Å². The van der Waals surface area contributed by atoms with Crippen LogP contribution in [0.5, 0.6) is 0 Å². The first kappa shape index (κ1) is 45.4. The Morgan fingerprint density at radius 1 is 0.981 bits per heavy atom. The SMILES string of the molecule is CC.CCCCCCCCCCCCCCCCOCC(COP(=O)(O)OCC1CCC(c2ccc3c(N)ncnn23)O1)OCc1cc(F)cc(C#N)c1. The Bertz CT molecular complexity index is 1570. The van der Waals surface area contributed by atoms with Crippen LogP contribution in [-0.4, -0.2) is 58.1 Å². The molecular weight excluding hydrogens is 712 g/mol. The van der Waals surface area contributed by atoms with E-state index in [-0.39, 0.29) is 38.1 Å². The van der Waals surface area contributed by atoms with E-state index in [1.54, 1.807) is 4.52 Å². The minimum Gasteiger partial charge on any atom is -0.382 e. The summed E-state index contributed by atoms with van der Waals surface area (Å²) in [6.45, 7) is 6.39. The topological polar surface area (TPSA) is 163 Å². The number of aromatic nitrogens is 3. The van der Waals surface area contributed by atoms with Crippen molar-refractivity contribution in [3.63, 3.8) is 0 Å². The van der Waals surface area contributed by atoms with Gasteiger partial charge in [0.05, 0.1) is 49.9 Å². The molecule has 302 valence electrons. The van der Waals surface area contributed by atoms with Gasteiger partial charge in [-0.3, -0.25) is 9.05 Å². The Morgan fingerprint density at radius 2 is 1.65 bits per heavy atom. The van der Waals surface area contributed by atoms with Crippen molar-refractivity contribution in [3.8, 4) is 6.07 Å². The van der Waals surface area contributed by atoms with Crippen molar-refractivity contribution in [3.05, 3.63) is 59.3 Å². The van der Waals surface area contributed by atoms with Crippen LogP contribution < -0.4 is 5.73 Å². The molecule has 4 unspecified atom stereocenters. The van der Waals surface area contributed by atoms with Gasteiger partial charge in [-0.25, -0.2) is 18.5 Å². The lowest BCUT2D eigenvalue weighted by Crippen LogP contribution is -2.26. The van der Waals surface area contributed by atoms with E-state index in [9.17, 15) is 19.1 Å². The average molecular weight is 776 g/mol. The van der Waals surface area contributed by atoms with Gasteiger partial charge in [-0.1, -0.05) is 104 Å². The maximum Gasteiger partial charge on any atom is 0.472 e. The van der Waals surface area contributed by atoms with Gasteiger partial charge in [0.25, 0.3) is 0 Å². The smallest absolute Gasteiger partial charge is 0.382 e. The molecule has 1 fully saturated rings. The van der Waals surface area contributed by atoms with Crippen molar-refractivity contribution in [1.29, 1.82) is 5.26 Å². The van der Waals surface area contributed by atoms with Gasteiger partial charge >= 0.3 is 7.82 Å². The number of nitrogen functional groups attached to an aromatic ring is 1. The predicted molar refractivity (Wildman–Crippen MR) is 208 cm³/mol. The van der Waals surface area contributed by atoms with Crippen molar-refractivity contribution < 1.29 is 37.1 Å². The summed E-state index contributed by atoms with van der Waals surface area (Å²) in [4.78, 5) is 14.5. The van der Waals surface area contributed by atoms with Gasteiger partial charge in [0.1, 0.15) is 29.9 Å². The van der Waals surface area contributed by atoms with Gasteiger partial charge in [-0.2, -0.15) is 10.4 Å². The van der Waals surface area contributed by atoms with E-state index in [0.717, 1.165) is 31.0 Å². The van der Waals surface area contributed by atoms with Crippen LogP contribution in [-0.2, 0) is 34.4 Å². The lowest BCUT2D eigenvalue weighted by molar-refractivity contribution is -0.0529. The Labute approximate surface area is 321 Å². The Hall–Kier alpha value is -2.95. The van der Waals surface area contributed by atoms with Gasteiger partial charge in [0.15, 0.2) is 5.82 Å². The number of hydrogen-bond acceptors (Lipinski definition) is 10. The van der Waals surface area contributed by atoms with E-state index in [1.165, 1.54) is 89.1 Å². The normalized spacial score (nSPS) is 17.2. The summed E-state index contributed by atoms with van der Waals surface area (Å²) in [5, 5.41) is 13.5. The molecule has 0 bridgehead atoms. The summed E-state index contributed by atoms with van der Waals surface area (Å²) in [6, 6.07) is 9.59. The lowest BCUT2D eigenvalue weighted by atomic mass is 10.0. The summed E-state index contributed by atoms with van der Waals surface area (Å²) < 4.78 is 57.1. The number of fused-ring (bicyclic) bond motifs is 1. The molecule has 0 spiro atoms. The van der Waals surface area contributed by atoms with Crippen LogP contribution in [0.1, 0.15) is 146 Å². The fraction of sp³-hybridized carbons (Fsp3) is 0.675. The molecule has 2 aromatic heterocycles.